The monoisotopic (exact) mass is 143 g/mol. The predicted octanol–water partition coefficient (Wildman–Crippen LogP) is 0.742. The van der Waals surface area contributed by atoms with Gasteiger partial charge in [-0.25, -0.2) is 0 Å². The van der Waals surface area contributed by atoms with Gasteiger partial charge in [-0.3, -0.25) is 0 Å². The number of rotatable bonds is 3. The van der Waals surface area contributed by atoms with Gasteiger partial charge in [0.05, 0.1) is 6.10 Å². The van der Waals surface area contributed by atoms with Crippen molar-refractivity contribution in [3.8, 4) is 0 Å². The third-order valence-corrected chi connectivity index (χ3v) is 2.40. The second-order valence-corrected chi connectivity index (χ2v) is 3.97. The molecular weight excluding hydrogens is 126 g/mol. The Labute approximate surface area is 62.4 Å². The van der Waals surface area contributed by atoms with Crippen molar-refractivity contribution in [1.82, 2.24) is 0 Å². The lowest BCUT2D eigenvalue weighted by molar-refractivity contribution is 0.0377. The van der Waals surface area contributed by atoms with E-state index in [4.69, 9.17) is 5.73 Å². The fourth-order valence-electron chi connectivity index (χ4n) is 1.17. The number of hydrogen-bond donors (Lipinski definition) is 2. The van der Waals surface area contributed by atoms with Gasteiger partial charge in [0, 0.05) is 5.41 Å². The van der Waals surface area contributed by atoms with Gasteiger partial charge in [0.15, 0.2) is 0 Å². The normalized spacial score (nSPS) is 22.8. The average molecular weight is 143 g/mol. The summed E-state index contributed by atoms with van der Waals surface area (Å²) in [5, 5.41) is 9.64. The zero-order valence-corrected chi connectivity index (χ0v) is 6.80. The first-order valence-corrected chi connectivity index (χ1v) is 3.96. The van der Waals surface area contributed by atoms with Crippen LogP contribution in [0.15, 0.2) is 0 Å². The fourth-order valence-corrected chi connectivity index (χ4v) is 1.17. The molecule has 0 amide bonds. The Morgan fingerprint density at radius 2 is 2.10 bits per heavy atom. The van der Waals surface area contributed by atoms with Crippen LogP contribution in [-0.4, -0.2) is 17.8 Å². The van der Waals surface area contributed by atoms with Gasteiger partial charge < -0.3 is 10.8 Å². The van der Waals surface area contributed by atoms with Crippen molar-refractivity contribution in [3.63, 3.8) is 0 Å². The molecule has 1 fully saturated rings. The summed E-state index contributed by atoms with van der Waals surface area (Å²) in [6, 6.07) is 0. The smallest absolute Gasteiger partial charge is 0.0631 e. The van der Waals surface area contributed by atoms with Crippen molar-refractivity contribution in [2.75, 3.05) is 6.54 Å². The maximum atomic E-state index is 9.64. The molecule has 1 aliphatic carbocycles. The van der Waals surface area contributed by atoms with Crippen LogP contribution in [-0.2, 0) is 0 Å². The molecule has 0 radical (unpaired) electrons. The number of hydrogen-bond acceptors (Lipinski definition) is 2. The molecule has 1 atom stereocenters. The van der Waals surface area contributed by atoms with Gasteiger partial charge in [0.1, 0.15) is 0 Å². The van der Waals surface area contributed by atoms with Gasteiger partial charge in [-0.2, -0.15) is 0 Å². The molecule has 10 heavy (non-hydrogen) atoms. The van der Waals surface area contributed by atoms with E-state index in [2.05, 4.69) is 0 Å². The zero-order chi connectivity index (χ0) is 7.78. The van der Waals surface area contributed by atoms with E-state index < -0.39 is 0 Å². The first kappa shape index (κ1) is 8.02. The van der Waals surface area contributed by atoms with Crippen LogP contribution in [0, 0.1) is 11.3 Å². The topological polar surface area (TPSA) is 46.2 Å². The minimum absolute atomic E-state index is 0.0822. The van der Waals surface area contributed by atoms with E-state index in [9.17, 15) is 5.11 Å². The van der Waals surface area contributed by atoms with Gasteiger partial charge in [-0.1, -0.05) is 13.8 Å². The van der Waals surface area contributed by atoms with Gasteiger partial charge in [-0.15, -0.1) is 0 Å². The highest BCUT2D eigenvalue weighted by Crippen LogP contribution is 2.39. The van der Waals surface area contributed by atoms with E-state index >= 15 is 0 Å². The average Bonchev–Trinajstić information content (AvgIpc) is 2.68. The zero-order valence-electron chi connectivity index (χ0n) is 6.80. The Morgan fingerprint density at radius 1 is 1.60 bits per heavy atom. The lowest BCUT2D eigenvalue weighted by Crippen LogP contribution is -2.37. The Morgan fingerprint density at radius 3 is 2.40 bits per heavy atom. The second kappa shape index (κ2) is 2.51. The Hall–Kier alpha value is -0.0800. The fraction of sp³-hybridized carbons (Fsp3) is 1.00. The third-order valence-electron chi connectivity index (χ3n) is 2.40. The van der Waals surface area contributed by atoms with Crippen LogP contribution in [0.4, 0.5) is 0 Å². The van der Waals surface area contributed by atoms with Gasteiger partial charge in [-0.05, 0) is 25.3 Å². The second-order valence-electron chi connectivity index (χ2n) is 3.97. The number of aliphatic hydroxyl groups is 1. The van der Waals surface area contributed by atoms with Crippen LogP contribution in [0.2, 0.25) is 0 Å². The van der Waals surface area contributed by atoms with E-state index in [0.717, 1.165) is 0 Å². The minimum atomic E-state index is -0.183. The summed E-state index contributed by atoms with van der Waals surface area (Å²) >= 11 is 0. The largest absolute Gasteiger partial charge is 0.392 e. The molecule has 0 bridgehead atoms. The van der Waals surface area contributed by atoms with Crippen molar-refractivity contribution in [1.29, 1.82) is 0 Å². The maximum Gasteiger partial charge on any atom is 0.0631 e. The molecule has 0 aliphatic heterocycles. The van der Waals surface area contributed by atoms with Gasteiger partial charge >= 0.3 is 0 Å². The minimum Gasteiger partial charge on any atom is -0.392 e. The SMILES string of the molecule is CC(C)(CN)C(O)C1CC1. The van der Waals surface area contributed by atoms with E-state index in [0.29, 0.717) is 12.5 Å². The molecule has 60 valence electrons. The predicted molar refractivity (Wildman–Crippen MR) is 41.6 cm³/mol. The Kier molecular flexibility index (Phi) is 2.02. The highest BCUT2D eigenvalue weighted by molar-refractivity contribution is 4.90. The van der Waals surface area contributed by atoms with E-state index in [1.165, 1.54) is 12.8 Å². The van der Waals surface area contributed by atoms with Crippen LogP contribution in [0.25, 0.3) is 0 Å². The summed E-state index contributed by atoms with van der Waals surface area (Å²) in [5.74, 6) is 0.540. The Bertz CT molecular complexity index is 118. The summed E-state index contributed by atoms with van der Waals surface area (Å²) in [5.41, 5.74) is 5.43. The van der Waals surface area contributed by atoms with Crippen LogP contribution in [0.5, 0.6) is 0 Å². The van der Waals surface area contributed by atoms with Gasteiger partial charge in [0.2, 0.25) is 0 Å². The molecule has 1 saturated carbocycles. The Balaban J connectivity index is 2.43. The van der Waals surface area contributed by atoms with Crippen molar-refractivity contribution >= 4 is 0 Å². The molecule has 1 aliphatic rings. The van der Waals surface area contributed by atoms with Crippen molar-refractivity contribution in [3.05, 3.63) is 0 Å². The lowest BCUT2D eigenvalue weighted by Gasteiger charge is -2.28. The molecule has 1 unspecified atom stereocenters. The third kappa shape index (κ3) is 1.50. The van der Waals surface area contributed by atoms with Crippen LogP contribution >= 0.6 is 0 Å². The van der Waals surface area contributed by atoms with Crippen LogP contribution in [0.1, 0.15) is 26.7 Å². The highest BCUT2D eigenvalue weighted by atomic mass is 16.3. The summed E-state index contributed by atoms with van der Waals surface area (Å²) in [7, 11) is 0. The highest BCUT2D eigenvalue weighted by Gasteiger charge is 2.38. The van der Waals surface area contributed by atoms with Crippen molar-refractivity contribution in [2.45, 2.75) is 32.8 Å². The van der Waals surface area contributed by atoms with E-state index in [1.54, 1.807) is 0 Å². The first-order chi connectivity index (χ1) is 4.58. The van der Waals surface area contributed by atoms with Gasteiger partial charge in [0.25, 0.3) is 0 Å². The summed E-state index contributed by atoms with van der Waals surface area (Å²) in [6.07, 6.45) is 2.19. The molecule has 3 N–H and O–H groups in total. The summed E-state index contributed by atoms with van der Waals surface area (Å²) < 4.78 is 0. The van der Waals surface area contributed by atoms with Crippen molar-refractivity contribution in [2.24, 2.45) is 17.1 Å². The number of nitrogens with two attached hydrogens (primary N) is 1. The van der Waals surface area contributed by atoms with E-state index in [-0.39, 0.29) is 11.5 Å². The molecule has 1 rings (SSSR count). The molecule has 0 heterocycles. The van der Waals surface area contributed by atoms with Crippen molar-refractivity contribution < 1.29 is 5.11 Å². The molecule has 0 aromatic carbocycles. The quantitative estimate of drug-likeness (QED) is 0.612. The number of aliphatic hydroxyl groups excluding tert-OH is 1. The maximum absolute atomic E-state index is 9.64. The molecule has 2 heteroatoms. The molecule has 0 aromatic rings. The summed E-state index contributed by atoms with van der Waals surface area (Å²) in [4.78, 5) is 0. The summed E-state index contributed by atoms with van der Waals surface area (Å²) in [6.45, 7) is 4.62. The standard InChI is InChI=1S/C8H17NO/c1-8(2,5-9)7(10)6-3-4-6/h6-7,10H,3-5,9H2,1-2H3. The van der Waals surface area contributed by atoms with Crippen LogP contribution in [0.3, 0.4) is 0 Å². The molecule has 0 aromatic heterocycles. The van der Waals surface area contributed by atoms with E-state index in [1.807, 2.05) is 13.8 Å². The molecule has 2 nitrogen and oxygen atoms in total. The van der Waals surface area contributed by atoms with Crippen LogP contribution < -0.4 is 5.73 Å². The molecule has 0 spiro atoms. The molecule has 0 saturated heterocycles. The molecular formula is C8H17NO. The lowest BCUT2D eigenvalue weighted by atomic mass is 9.84. The first-order valence-electron chi connectivity index (χ1n) is 3.96.